The Kier molecular flexibility index (Phi) is 4.76. The Balaban J connectivity index is 1.85. The van der Waals surface area contributed by atoms with Gasteiger partial charge in [0.25, 0.3) is 5.91 Å². The lowest BCUT2D eigenvalue weighted by molar-refractivity contribution is -0.124. The largest absolute Gasteiger partial charge is 0.481 e. The maximum Gasteiger partial charge on any atom is 0.258 e. The summed E-state index contributed by atoms with van der Waals surface area (Å²) in [4.78, 5) is 11.7. The summed E-state index contributed by atoms with van der Waals surface area (Å²) in [6, 6.07) is 1.84. The molecule has 1 aliphatic carbocycles. The summed E-state index contributed by atoms with van der Waals surface area (Å²) in [7, 11) is 0. The van der Waals surface area contributed by atoms with Gasteiger partial charge in [-0.25, -0.2) is 8.78 Å². The molecule has 4 nitrogen and oxygen atoms in total. The average molecular weight is 284 g/mol. The van der Waals surface area contributed by atoms with Gasteiger partial charge in [-0.1, -0.05) is 19.3 Å². The first-order valence-electron chi connectivity index (χ1n) is 6.73. The number of anilines is 1. The van der Waals surface area contributed by atoms with E-state index in [0.717, 1.165) is 37.8 Å². The van der Waals surface area contributed by atoms with Crippen LogP contribution in [-0.2, 0) is 4.79 Å². The van der Waals surface area contributed by atoms with Gasteiger partial charge in [-0.3, -0.25) is 4.79 Å². The third-order valence-electron chi connectivity index (χ3n) is 3.38. The van der Waals surface area contributed by atoms with Crippen LogP contribution in [0.3, 0.4) is 0 Å². The fourth-order valence-corrected chi connectivity index (χ4v) is 2.31. The number of nitrogens with one attached hydrogen (secondary N) is 1. The van der Waals surface area contributed by atoms with Gasteiger partial charge in [-0.2, -0.15) is 0 Å². The predicted octanol–water partition coefficient (Wildman–Crippen LogP) is 2.37. The van der Waals surface area contributed by atoms with E-state index in [1.807, 2.05) is 0 Å². The van der Waals surface area contributed by atoms with Gasteiger partial charge in [0.2, 0.25) is 0 Å². The second-order valence-corrected chi connectivity index (χ2v) is 5.00. The van der Waals surface area contributed by atoms with E-state index in [9.17, 15) is 13.6 Å². The van der Waals surface area contributed by atoms with Gasteiger partial charge in [0.1, 0.15) is 5.82 Å². The maximum atomic E-state index is 13.4. The quantitative estimate of drug-likeness (QED) is 0.834. The Morgan fingerprint density at radius 1 is 1.25 bits per heavy atom. The van der Waals surface area contributed by atoms with Gasteiger partial charge < -0.3 is 15.8 Å². The number of hydrogen-bond acceptors (Lipinski definition) is 3. The first-order valence-corrected chi connectivity index (χ1v) is 6.73. The van der Waals surface area contributed by atoms with E-state index >= 15 is 0 Å². The molecule has 0 atom stereocenters. The molecule has 1 saturated carbocycles. The van der Waals surface area contributed by atoms with Crippen molar-refractivity contribution >= 4 is 11.6 Å². The first kappa shape index (κ1) is 14.6. The molecule has 0 spiro atoms. The number of amides is 1. The normalized spacial score (nSPS) is 15.9. The third-order valence-corrected chi connectivity index (χ3v) is 3.38. The van der Waals surface area contributed by atoms with Crippen LogP contribution in [-0.4, -0.2) is 18.6 Å². The molecule has 110 valence electrons. The van der Waals surface area contributed by atoms with Crippen molar-refractivity contribution in [3.05, 3.63) is 23.8 Å². The Bertz CT molecular complexity index is 488. The molecule has 20 heavy (non-hydrogen) atoms. The van der Waals surface area contributed by atoms with Crippen LogP contribution >= 0.6 is 0 Å². The highest BCUT2D eigenvalue weighted by Gasteiger charge is 2.16. The van der Waals surface area contributed by atoms with Crippen LogP contribution in [0.25, 0.3) is 0 Å². The molecule has 0 radical (unpaired) electrons. The van der Waals surface area contributed by atoms with Gasteiger partial charge in [-0.05, 0) is 12.8 Å². The fourth-order valence-electron chi connectivity index (χ4n) is 2.31. The van der Waals surface area contributed by atoms with Gasteiger partial charge in [0, 0.05) is 18.2 Å². The number of nitrogens with two attached hydrogens (primary N) is 1. The Labute approximate surface area is 116 Å². The molecule has 1 aromatic rings. The van der Waals surface area contributed by atoms with Crippen molar-refractivity contribution in [2.45, 2.75) is 38.1 Å². The van der Waals surface area contributed by atoms with E-state index in [1.54, 1.807) is 0 Å². The van der Waals surface area contributed by atoms with E-state index < -0.39 is 11.6 Å². The van der Waals surface area contributed by atoms with Crippen LogP contribution in [0, 0.1) is 11.6 Å². The van der Waals surface area contributed by atoms with E-state index in [4.69, 9.17) is 10.5 Å². The molecule has 1 amide bonds. The lowest BCUT2D eigenvalue weighted by Gasteiger charge is -2.22. The minimum absolute atomic E-state index is 0.160. The van der Waals surface area contributed by atoms with E-state index in [-0.39, 0.29) is 30.0 Å². The summed E-state index contributed by atoms with van der Waals surface area (Å²) in [6.07, 6.45) is 5.30. The molecule has 0 saturated heterocycles. The molecule has 6 heteroatoms. The number of ether oxygens (including phenoxy) is 1. The molecule has 0 aliphatic heterocycles. The van der Waals surface area contributed by atoms with Crippen molar-refractivity contribution in [3.8, 4) is 5.75 Å². The number of carbonyl (C=O) groups is 1. The SMILES string of the molecule is Nc1cc(F)c(OCC(=O)NC2CCCCC2)cc1F. The van der Waals surface area contributed by atoms with E-state index in [0.29, 0.717) is 0 Å². The summed E-state index contributed by atoms with van der Waals surface area (Å²) >= 11 is 0. The summed E-state index contributed by atoms with van der Waals surface area (Å²) in [5.74, 6) is -2.19. The number of rotatable bonds is 4. The van der Waals surface area contributed by atoms with Crippen molar-refractivity contribution in [2.75, 3.05) is 12.3 Å². The second-order valence-electron chi connectivity index (χ2n) is 5.00. The van der Waals surface area contributed by atoms with Crippen LogP contribution in [0.5, 0.6) is 5.75 Å². The Morgan fingerprint density at radius 2 is 1.95 bits per heavy atom. The number of halogens is 2. The van der Waals surface area contributed by atoms with Crippen LogP contribution in [0.1, 0.15) is 32.1 Å². The topological polar surface area (TPSA) is 64.3 Å². The van der Waals surface area contributed by atoms with Crippen molar-refractivity contribution in [1.29, 1.82) is 0 Å². The van der Waals surface area contributed by atoms with Crippen LogP contribution in [0.2, 0.25) is 0 Å². The van der Waals surface area contributed by atoms with Gasteiger partial charge >= 0.3 is 0 Å². The lowest BCUT2D eigenvalue weighted by atomic mass is 9.95. The zero-order chi connectivity index (χ0) is 14.5. The minimum atomic E-state index is -0.783. The summed E-state index contributed by atoms with van der Waals surface area (Å²) in [5.41, 5.74) is 4.93. The van der Waals surface area contributed by atoms with Crippen molar-refractivity contribution in [2.24, 2.45) is 0 Å². The van der Waals surface area contributed by atoms with Crippen molar-refractivity contribution in [3.63, 3.8) is 0 Å². The molecule has 1 fully saturated rings. The monoisotopic (exact) mass is 284 g/mol. The summed E-state index contributed by atoms with van der Waals surface area (Å²) in [6.45, 7) is -0.337. The molecule has 0 bridgehead atoms. The number of hydrogen-bond donors (Lipinski definition) is 2. The molecular formula is C14H18F2N2O2. The third kappa shape index (κ3) is 3.82. The highest BCUT2D eigenvalue weighted by atomic mass is 19.1. The van der Waals surface area contributed by atoms with Crippen LogP contribution < -0.4 is 15.8 Å². The zero-order valence-corrected chi connectivity index (χ0v) is 11.1. The highest BCUT2D eigenvalue weighted by molar-refractivity contribution is 5.77. The Hall–Kier alpha value is -1.85. The van der Waals surface area contributed by atoms with E-state index in [1.165, 1.54) is 6.42 Å². The van der Waals surface area contributed by atoms with Gasteiger partial charge in [-0.15, -0.1) is 0 Å². The molecule has 0 aromatic heterocycles. The van der Waals surface area contributed by atoms with Crippen LogP contribution in [0.4, 0.5) is 14.5 Å². The van der Waals surface area contributed by atoms with Crippen molar-refractivity contribution in [1.82, 2.24) is 5.32 Å². The lowest BCUT2D eigenvalue weighted by Crippen LogP contribution is -2.39. The molecule has 3 N–H and O–H groups in total. The molecule has 2 rings (SSSR count). The van der Waals surface area contributed by atoms with Crippen LogP contribution in [0.15, 0.2) is 12.1 Å². The molecular weight excluding hydrogens is 266 g/mol. The summed E-state index contributed by atoms with van der Waals surface area (Å²) < 4.78 is 31.6. The smallest absolute Gasteiger partial charge is 0.258 e. The molecule has 0 heterocycles. The van der Waals surface area contributed by atoms with Gasteiger partial charge in [0.15, 0.2) is 18.2 Å². The standard InChI is InChI=1S/C14H18F2N2O2/c15-10-7-13(11(16)6-12(10)17)20-8-14(19)18-9-4-2-1-3-5-9/h6-7,9H,1-5,8,17H2,(H,18,19). The minimum Gasteiger partial charge on any atom is -0.481 e. The number of nitrogen functional groups attached to an aromatic ring is 1. The maximum absolute atomic E-state index is 13.4. The van der Waals surface area contributed by atoms with Gasteiger partial charge in [0.05, 0.1) is 5.69 Å². The fraction of sp³-hybridized carbons (Fsp3) is 0.500. The number of benzene rings is 1. The first-order chi connectivity index (χ1) is 9.56. The zero-order valence-electron chi connectivity index (χ0n) is 11.1. The molecule has 1 aromatic carbocycles. The molecule has 0 unspecified atom stereocenters. The second kappa shape index (κ2) is 6.54. The number of carbonyl (C=O) groups excluding carboxylic acids is 1. The Morgan fingerprint density at radius 3 is 2.65 bits per heavy atom. The molecule has 1 aliphatic rings. The average Bonchev–Trinajstić information content (AvgIpc) is 2.42. The summed E-state index contributed by atoms with van der Waals surface area (Å²) in [5, 5.41) is 2.83. The van der Waals surface area contributed by atoms with Crippen molar-refractivity contribution < 1.29 is 18.3 Å². The predicted molar refractivity (Wildman–Crippen MR) is 71.3 cm³/mol. The highest BCUT2D eigenvalue weighted by Crippen LogP contribution is 2.23. The van der Waals surface area contributed by atoms with E-state index in [2.05, 4.69) is 5.32 Å².